The first-order valence-electron chi connectivity index (χ1n) is 6.68. The zero-order valence-corrected chi connectivity index (χ0v) is 11.5. The SMILES string of the molecule is CCCCC(=O)Nc1ccc(NC(C)CC)nc1. The van der Waals surface area contributed by atoms with Crippen LogP contribution in [0.1, 0.15) is 46.5 Å². The maximum absolute atomic E-state index is 11.5. The number of anilines is 2. The van der Waals surface area contributed by atoms with Gasteiger partial charge in [0.2, 0.25) is 5.91 Å². The molecule has 0 saturated carbocycles. The van der Waals surface area contributed by atoms with E-state index in [1.807, 2.05) is 12.1 Å². The van der Waals surface area contributed by atoms with Crippen LogP contribution in [0.25, 0.3) is 0 Å². The maximum atomic E-state index is 11.5. The standard InChI is InChI=1S/C14H23N3O/c1-4-6-7-14(18)17-12-8-9-13(15-10-12)16-11(3)5-2/h8-11H,4-7H2,1-3H3,(H,15,16)(H,17,18). The van der Waals surface area contributed by atoms with E-state index in [2.05, 4.69) is 36.4 Å². The van der Waals surface area contributed by atoms with Gasteiger partial charge in [-0.3, -0.25) is 4.79 Å². The fourth-order valence-electron chi connectivity index (χ4n) is 1.47. The molecule has 0 aliphatic heterocycles. The Balaban J connectivity index is 2.47. The first kappa shape index (κ1) is 14.5. The van der Waals surface area contributed by atoms with Gasteiger partial charge in [0.25, 0.3) is 0 Å². The summed E-state index contributed by atoms with van der Waals surface area (Å²) in [5.74, 6) is 0.900. The number of carbonyl (C=O) groups is 1. The van der Waals surface area contributed by atoms with Gasteiger partial charge in [-0.15, -0.1) is 0 Å². The van der Waals surface area contributed by atoms with E-state index in [0.29, 0.717) is 12.5 Å². The first-order chi connectivity index (χ1) is 8.65. The highest BCUT2D eigenvalue weighted by Gasteiger charge is 2.03. The summed E-state index contributed by atoms with van der Waals surface area (Å²) in [6.07, 6.45) is 5.27. The Morgan fingerprint density at radius 2 is 2.17 bits per heavy atom. The van der Waals surface area contributed by atoms with Crippen molar-refractivity contribution in [3.63, 3.8) is 0 Å². The zero-order valence-electron chi connectivity index (χ0n) is 11.5. The number of aromatic nitrogens is 1. The molecular weight excluding hydrogens is 226 g/mol. The van der Waals surface area contributed by atoms with Crippen molar-refractivity contribution in [2.45, 2.75) is 52.5 Å². The van der Waals surface area contributed by atoms with Gasteiger partial charge >= 0.3 is 0 Å². The third-order valence-corrected chi connectivity index (χ3v) is 2.81. The lowest BCUT2D eigenvalue weighted by atomic mass is 10.2. The molecule has 2 N–H and O–H groups in total. The van der Waals surface area contributed by atoms with Crippen LogP contribution >= 0.6 is 0 Å². The van der Waals surface area contributed by atoms with Crippen LogP contribution in [-0.4, -0.2) is 16.9 Å². The van der Waals surface area contributed by atoms with Crippen LogP contribution in [0.4, 0.5) is 11.5 Å². The minimum absolute atomic E-state index is 0.0567. The van der Waals surface area contributed by atoms with Crippen LogP contribution in [0.2, 0.25) is 0 Å². The van der Waals surface area contributed by atoms with Crippen molar-refractivity contribution >= 4 is 17.4 Å². The Hall–Kier alpha value is -1.58. The molecule has 0 saturated heterocycles. The molecule has 18 heavy (non-hydrogen) atoms. The second kappa shape index (κ2) is 7.69. The minimum atomic E-state index is 0.0567. The summed E-state index contributed by atoms with van der Waals surface area (Å²) in [6.45, 7) is 6.31. The first-order valence-corrected chi connectivity index (χ1v) is 6.68. The Kier molecular flexibility index (Phi) is 6.19. The fraction of sp³-hybridized carbons (Fsp3) is 0.571. The second-order valence-electron chi connectivity index (χ2n) is 4.54. The molecule has 1 atom stereocenters. The van der Waals surface area contributed by atoms with E-state index in [-0.39, 0.29) is 5.91 Å². The summed E-state index contributed by atoms with van der Waals surface area (Å²) < 4.78 is 0. The Morgan fingerprint density at radius 1 is 1.39 bits per heavy atom. The molecule has 4 heteroatoms. The highest BCUT2D eigenvalue weighted by molar-refractivity contribution is 5.90. The Labute approximate surface area is 109 Å². The average Bonchev–Trinajstić information content (AvgIpc) is 2.38. The lowest BCUT2D eigenvalue weighted by Crippen LogP contribution is -2.15. The van der Waals surface area contributed by atoms with Crippen molar-refractivity contribution in [3.8, 4) is 0 Å². The molecule has 1 amide bonds. The van der Waals surface area contributed by atoms with Crippen molar-refractivity contribution in [1.29, 1.82) is 0 Å². The van der Waals surface area contributed by atoms with E-state index in [0.717, 1.165) is 30.8 Å². The van der Waals surface area contributed by atoms with Crippen molar-refractivity contribution in [2.24, 2.45) is 0 Å². The van der Waals surface area contributed by atoms with Crippen molar-refractivity contribution < 1.29 is 4.79 Å². The van der Waals surface area contributed by atoms with Gasteiger partial charge in [0.05, 0.1) is 11.9 Å². The summed E-state index contributed by atoms with van der Waals surface area (Å²) in [7, 11) is 0. The molecule has 1 unspecified atom stereocenters. The van der Waals surface area contributed by atoms with Gasteiger partial charge in [-0.2, -0.15) is 0 Å². The normalized spacial score (nSPS) is 11.9. The summed E-state index contributed by atoms with van der Waals surface area (Å²) in [5.41, 5.74) is 0.755. The highest BCUT2D eigenvalue weighted by Crippen LogP contribution is 2.12. The molecule has 4 nitrogen and oxygen atoms in total. The molecule has 0 fully saturated rings. The molecule has 0 radical (unpaired) electrons. The number of hydrogen-bond donors (Lipinski definition) is 2. The van der Waals surface area contributed by atoms with E-state index in [1.54, 1.807) is 6.20 Å². The largest absolute Gasteiger partial charge is 0.368 e. The molecule has 0 aliphatic carbocycles. The van der Waals surface area contributed by atoms with Crippen molar-refractivity contribution in [3.05, 3.63) is 18.3 Å². The van der Waals surface area contributed by atoms with Gasteiger partial charge in [0.1, 0.15) is 5.82 Å². The van der Waals surface area contributed by atoms with Crippen LogP contribution in [-0.2, 0) is 4.79 Å². The number of amides is 1. The van der Waals surface area contributed by atoms with Gasteiger partial charge in [-0.05, 0) is 31.9 Å². The van der Waals surface area contributed by atoms with Crippen LogP contribution < -0.4 is 10.6 Å². The van der Waals surface area contributed by atoms with E-state index in [1.165, 1.54) is 0 Å². The summed E-state index contributed by atoms with van der Waals surface area (Å²) >= 11 is 0. The molecule has 1 heterocycles. The average molecular weight is 249 g/mol. The summed E-state index contributed by atoms with van der Waals surface area (Å²) in [5, 5.41) is 6.12. The van der Waals surface area contributed by atoms with Crippen LogP contribution in [0.3, 0.4) is 0 Å². The summed E-state index contributed by atoms with van der Waals surface area (Å²) in [6, 6.07) is 4.17. The molecule has 0 aliphatic rings. The van der Waals surface area contributed by atoms with E-state index < -0.39 is 0 Å². The molecule has 1 rings (SSSR count). The van der Waals surface area contributed by atoms with Gasteiger partial charge in [0, 0.05) is 12.5 Å². The van der Waals surface area contributed by atoms with E-state index in [9.17, 15) is 4.79 Å². The van der Waals surface area contributed by atoms with Crippen LogP contribution in [0, 0.1) is 0 Å². The third-order valence-electron chi connectivity index (χ3n) is 2.81. The molecule has 0 spiro atoms. The highest BCUT2D eigenvalue weighted by atomic mass is 16.1. The van der Waals surface area contributed by atoms with Crippen molar-refractivity contribution in [2.75, 3.05) is 10.6 Å². The number of unbranched alkanes of at least 4 members (excludes halogenated alkanes) is 1. The van der Waals surface area contributed by atoms with Gasteiger partial charge in [0.15, 0.2) is 0 Å². The molecule has 1 aromatic rings. The van der Waals surface area contributed by atoms with Gasteiger partial charge in [-0.25, -0.2) is 4.98 Å². The lowest BCUT2D eigenvalue weighted by Gasteiger charge is -2.12. The topological polar surface area (TPSA) is 54.0 Å². The molecule has 1 aromatic heterocycles. The smallest absolute Gasteiger partial charge is 0.224 e. The zero-order chi connectivity index (χ0) is 13.4. The number of nitrogens with zero attached hydrogens (tertiary/aromatic N) is 1. The van der Waals surface area contributed by atoms with Crippen molar-refractivity contribution in [1.82, 2.24) is 4.98 Å². The third kappa shape index (κ3) is 5.17. The molecule has 0 bridgehead atoms. The van der Waals surface area contributed by atoms with Crippen LogP contribution in [0.5, 0.6) is 0 Å². The van der Waals surface area contributed by atoms with E-state index in [4.69, 9.17) is 0 Å². The predicted octanol–water partition coefficient (Wildman–Crippen LogP) is 3.42. The number of rotatable bonds is 7. The number of hydrogen-bond acceptors (Lipinski definition) is 3. The quantitative estimate of drug-likeness (QED) is 0.778. The Bertz CT molecular complexity index is 362. The van der Waals surface area contributed by atoms with Gasteiger partial charge < -0.3 is 10.6 Å². The fourth-order valence-corrected chi connectivity index (χ4v) is 1.47. The van der Waals surface area contributed by atoms with Gasteiger partial charge in [-0.1, -0.05) is 20.3 Å². The minimum Gasteiger partial charge on any atom is -0.368 e. The Morgan fingerprint density at radius 3 is 2.72 bits per heavy atom. The molecule has 0 aromatic carbocycles. The molecular formula is C14H23N3O. The second-order valence-corrected chi connectivity index (χ2v) is 4.54. The van der Waals surface area contributed by atoms with E-state index >= 15 is 0 Å². The molecule has 100 valence electrons. The van der Waals surface area contributed by atoms with Crippen LogP contribution in [0.15, 0.2) is 18.3 Å². The monoisotopic (exact) mass is 249 g/mol. The number of carbonyl (C=O) groups excluding carboxylic acids is 1. The lowest BCUT2D eigenvalue weighted by molar-refractivity contribution is -0.116. The predicted molar refractivity (Wildman–Crippen MR) is 75.8 cm³/mol. The summed E-state index contributed by atoms with van der Waals surface area (Å²) in [4.78, 5) is 15.8. The maximum Gasteiger partial charge on any atom is 0.224 e. The number of pyridine rings is 1. The number of nitrogens with one attached hydrogen (secondary N) is 2.